The molecule has 6 heteroatoms. The van der Waals surface area contributed by atoms with Crippen LogP contribution in [0.5, 0.6) is 0 Å². The third-order valence-electron chi connectivity index (χ3n) is 4.31. The van der Waals surface area contributed by atoms with Crippen LogP contribution in [-0.4, -0.2) is 11.9 Å². The van der Waals surface area contributed by atoms with Crippen molar-refractivity contribution in [2.75, 3.05) is 5.73 Å². The Kier molecular flexibility index (Phi) is 4.42. The maximum absolute atomic E-state index is 13.3. The van der Waals surface area contributed by atoms with Gasteiger partial charge in [0.2, 0.25) is 0 Å². The minimum atomic E-state index is -0.307. The summed E-state index contributed by atoms with van der Waals surface area (Å²) in [7, 11) is 0. The average Bonchev–Trinajstić information content (AvgIpc) is 3.36. The van der Waals surface area contributed by atoms with E-state index in [0.29, 0.717) is 15.6 Å². The molecular formula is C20H16ClFN2OS. The fourth-order valence-electron chi connectivity index (χ4n) is 2.86. The Hall–Kier alpha value is -2.37. The first-order valence-corrected chi connectivity index (χ1v) is 9.47. The van der Waals surface area contributed by atoms with Gasteiger partial charge in [-0.25, -0.2) is 4.39 Å². The van der Waals surface area contributed by atoms with Gasteiger partial charge in [-0.3, -0.25) is 4.79 Å². The first-order valence-electron chi connectivity index (χ1n) is 8.28. The molecule has 1 aliphatic rings. The minimum absolute atomic E-state index is 0.167. The number of hydrogen-bond acceptors (Lipinski definition) is 3. The van der Waals surface area contributed by atoms with E-state index in [2.05, 4.69) is 5.32 Å². The predicted molar refractivity (Wildman–Crippen MR) is 105 cm³/mol. The SMILES string of the molecule is Nc1sc(-c2ccc(F)cc2)c(-c2ccc(Cl)cc2)c1C(=O)NC1CC1. The Labute approximate surface area is 159 Å². The fraction of sp³-hybridized carbons (Fsp3) is 0.150. The van der Waals surface area contributed by atoms with Crippen LogP contribution in [0, 0.1) is 5.82 Å². The third-order valence-corrected chi connectivity index (χ3v) is 5.63. The first kappa shape index (κ1) is 17.1. The van der Waals surface area contributed by atoms with Crippen molar-refractivity contribution in [1.82, 2.24) is 5.32 Å². The van der Waals surface area contributed by atoms with E-state index in [9.17, 15) is 9.18 Å². The van der Waals surface area contributed by atoms with E-state index in [1.807, 2.05) is 12.1 Å². The molecule has 0 unspecified atom stereocenters. The summed E-state index contributed by atoms with van der Waals surface area (Å²) in [6.07, 6.45) is 1.99. The quantitative estimate of drug-likeness (QED) is 0.635. The summed E-state index contributed by atoms with van der Waals surface area (Å²) >= 11 is 7.35. The first-order chi connectivity index (χ1) is 12.5. The Balaban J connectivity index is 1.89. The van der Waals surface area contributed by atoms with Gasteiger partial charge >= 0.3 is 0 Å². The van der Waals surface area contributed by atoms with E-state index in [1.165, 1.54) is 23.5 Å². The van der Waals surface area contributed by atoms with Gasteiger partial charge in [-0.2, -0.15) is 0 Å². The van der Waals surface area contributed by atoms with E-state index in [-0.39, 0.29) is 17.8 Å². The molecule has 0 radical (unpaired) electrons. The van der Waals surface area contributed by atoms with Crippen LogP contribution < -0.4 is 11.1 Å². The smallest absolute Gasteiger partial charge is 0.255 e. The van der Waals surface area contributed by atoms with Crippen molar-refractivity contribution in [2.24, 2.45) is 0 Å². The van der Waals surface area contributed by atoms with Gasteiger partial charge in [0.25, 0.3) is 5.91 Å². The zero-order valence-corrected chi connectivity index (χ0v) is 15.3. The van der Waals surface area contributed by atoms with Gasteiger partial charge in [0, 0.05) is 21.5 Å². The molecule has 132 valence electrons. The van der Waals surface area contributed by atoms with Gasteiger partial charge in [0.1, 0.15) is 5.82 Å². The lowest BCUT2D eigenvalue weighted by atomic mass is 9.97. The van der Waals surface area contributed by atoms with Crippen LogP contribution in [-0.2, 0) is 0 Å². The second kappa shape index (κ2) is 6.74. The molecule has 3 aromatic rings. The van der Waals surface area contributed by atoms with Crippen LogP contribution >= 0.6 is 22.9 Å². The molecule has 26 heavy (non-hydrogen) atoms. The van der Waals surface area contributed by atoms with Gasteiger partial charge in [-0.15, -0.1) is 11.3 Å². The molecule has 1 aromatic heterocycles. The van der Waals surface area contributed by atoms with E-state index >= 15 is 0 Å². The van der Waals surface area contributed by atoms with E-state index in [0.717, 1.165) is 34.4 Å². The van der Waals surface area contributed by atoms with Crippen molar-refractivity contribution in [1.29, 1.82) is 0 Å². The van der Waals surface area contributed by atoms with Crippen LogP contribution in [0.4, 0.5) is 9.39 Å². The zero-order chi connectivity index (χ0) is 18.3. The highest BCUT2D eigenvalue weighted by Gasteiger charge is 2.29. The number of thiophene rings is 1. The molecule has 1 aliphatic carbocycles. The van der Waals surface area contributed by atoms with Gasteiger partial charge in [0.05, 0.1) is 10.6 Å². The third kappa shape index (κ3) is 3.32. The highest BCUT2D eigenvalue weighted by Crippen LogP contribution is 2.45. The molecule has 0 aliphatic heterocycles. The lowest BCUT2D eigenvalue weighted by Gasteiger charge is -2.09. The van der Waals surface area contributed by atoms with Crippen molar-refractivity contribution in [2.45, 2.75) is 18.9 Å². The normalized spacial score (nSPS) is 13.6. The standard InChI is InChI=1S/C20H16ClFN2OS/c21-13-5-1-11(2-6-13)16-17(20(25)24-15-9-10-15)19(23)26-18(16)12-3-7-14(22)8-4-12/h1-8,15H,9-10,23H2,(H,24,25). The largest absolute Gasteiger partial charge is 0.390 e. The van der Waals surface area contributed by atoms with Crippen LogP contribution in [0.1, 0.15) is 23.2 Å². The molecular weight excluding hydrogens is 371 g/mol. The molecule has 1 amide bonds. The summed E-state index contributed by atoms with van der Waals surface area (Å²) < 4.78 is 13.3. The van der Waals surface area contributed by atoms with Gasteiger partial charge in [-0.05, 0) is 48.2 Å². The zero-order valence-electron chi connectivity index (χ0n) is 13.8. The fourth-order valence-corrected chi connectivity index (χ4v) is 4.07. The molecule has 3 nitrogen and oxygen atoms in total. The highest BCUT2D eigenvalue weighted by molar-refractivity contribution is 7.20. The second-order valence-electron chi connectivity index (χ2n) is 6.31. The molecule has 1 fully saturated rings. The van der Waals surface area contributed by atoms with Crippen LogP contribution in [0.3, 0.4) is 0 Å². The molecule has 3 N–H and O–H groups in total. The van der Waals surface area contributed by atoms with Crippen molar-refractivity contribution in [3.05, 3.63) is 64.9 Å². The summed E-state index contributed by atoms with van der Waals surface area (Å²) in [6, 6.07) is 13.7. The average molecular weight is 387 g/mol. The number of nitrogen functional groups attached to an aromatic ring is 1. The molecule has 0 bridgehead atoms. The van der Waals surface area contributed by atoms with Crippen molar-refractivity contribution >= 4 is 33.8 Å². The summed E-state index contributed by atoms with van der Waals surface area (Å²) in [6.45, 7) is 0. The Morgan fingerprint density at radius 3 is 2.31 bits per heavy atom. The number of hydrogen-bond donors (Lipinski definition) is 2. The lowest BCUT2D eigenvalue weighted by molar-refractivity contribution is 0.0953. The summed E-state index contributed by atoms with van der Waals surface area (Å²) in [5.41, 5.74) is 9.13. The van der Waals surface area contributed by atoms with Gasteiger partial charge in [0.15, 0.2) is 0 Å². The number of anilines is 1. The lowest BCUT2D eigenvalue weighted by Crippen LogP contribution is -2.26. The summed E-state index contributed by atoms with van der Waals surface area (Å²) in [5, 5.41) is 4.07. The number of nitrogens with two attached hydrogens (primary N) is 1. The number of nitrogens with one attached hydrogen (secondary N) is 1. The van der Waals surface area contributed by atoms with Gasteiger partial charge < -0.3 is 11.1 Å². The molecule has 1 heterocycles. The molecule has 0 atom stereocenters. The van der Waals surface area contributed by atoms with Gasteiger partial charge in [-0.1, -0.05) is 35.9 Å². The Morgan fingerprint density at radius 2 is 1.69 bits per heavy atom. The van der Waals surface area contributed by atoms with Crippen molar-refractivity contribution in [3.63, 3.8) is 0 Å². The number of benzene rings is 2. The molecule has 0 saturated heterocycles. The molecule has 0 spiro atoms. The summed E-state index contributed by atoms with van der Waals surface area (Å²) in [5.74, 6) is -0.474. The van der Waals surface area contributed by atoms with Crippen molar-refractivity contribution in [3.8, 4) is 21.6 Å². The van der Waals surface area contributed by atoms with Crippen molar-refractivity contribution < 1.29 is 9.18 Å². The van der Waals surface area contributed by atoms with E-state index in [1.54, 1.807) is 24.3 Å². The maximum atomic E-state index is 13.3. The number of halogens is 2. The minimum Gasteiger partial charge on any atom is -0.390 e. The highest BCUT2D eigenvalue weighted by atomic mass is 35.5. The maximum Gasteiger partial charge on any atom is 0.255 e. The number of amides is 1. The molecule has 1 saturated carbocycles. The Morgan fingerprint density at radius 1 is 1.08 bits per heavy atom. The molecule has 2 aromatic carbocycles. The van der Waals surface area contributed by atoms with Crippen LogP contribution in [0.25, 0.3) is 21.6 Å². The van der Waals surface area contributed by atoms with Crippen LogP contribution in [0.2, 0.25) is 5.02 Å². The molecule has 4 rings (SSSR count). The Bertz CT molecular complexity index is 963. The number of carbonyl (C=O) groups is 1. The number of rotatable bonds is 4. The monoisotopic (exact) mass is 386 g/mol. The second-order valence-corrected chi connectivity index (χ2v) is 7.80. The van der Waals surface area contributed by atoms with Crippen LogP contribution in [0.15, 0.2) is 48.5 Å². The topological polar surface area (TPSA) is 55.1 Å². The number of carbonyl (C=O) groups excluding carboxylic acids is 1. The van der Waals surface area contributed by atoms with E-state index in [4.69, 9.17) is 17.3 Å². The summed E-state index contributed by atoms with van der Waals surface area (Å²) in [4.78, 5) is 13.6. The van der Waals surface area contributed by atoms with E-state index < -0.39 is 0 Å². The predicted octanol–water partition coefficient (Wildman–Crippen LogP) is 5.35.